The minimum absolute atomic E-state index is 0.00177. The van der Waals surface area contributed by atoms with E-state index in [4.69, 9.17) is 9.84 Å². The van der Waals surface area contributed by atoms with Gasteiger partial charge in [0.25, 0.3) is 0 Å². The first-order valence-corrected chi connectivity index (χ1v) is 16.1. The maximum atomic E-state index is 12.0. The average Bonchev–Trinajstić information content (AvgIpc) is 2.95. The number of rotatable bonds is 30. The van der Waals surface area contributed by atoms with E-state index in [9.17, 15) is 24.0 Å². The Hall–Kier alpha value is -2.91. The van der Waals surface area contributed by atoms with Gasteiger partial charge in [0, 0.05) is 45.2 Å². The predicted molar refractivity (Wildman–Crippen MR) is 165 cm³/mol. The normalized spacial score (nSPS) is 10.6. The molecule has 10 heteroatoms. The third kappa shape index (κ3) is 30.1. The van der Waals surface area contributed by atoms with E-state index >= 15 is 0 Å². The highest BCUT2D eigenvalue weighted by Crippen LogP contribution is 2.09. The van der Waals surface area contributed by atoms with Gasteiger partial charge in [-0.25, -0.2) is 0 Å². The van der Waals surface area contributed by atoms with Crippen LogP contribution in [-0.2, 0) is 28.7 Å². The molecule has 0 fully saturated rings. The first-order chi connectivity index (χ1) is 20.3. The van der Waals surface area contributed by atoms with Gasteiger partial charge < -0.3 is 25.8 Å². The standard InChI is InChI=1S/C32H57N3O7/c1-2-3-4-5-6-7-8-12-19-30(38)35-26-27-42-32(41)23-16-9-13-20-28(36)33-24-17-10-14-21-29(37)34-25-18-11-15-22-31(39)40/h2H,1,3-27H2,(H,33,36)(H,34,37)(H,35,38)(H,39,40). The molecule has 242 valence electrons. The third-order valence-electron chi connectivity index (χ3n) is 6.83. The zero-order valence-corrected chi connectivity index (χ0v) is 25.9. The topological polar surface area (TPSA) is 151 Å². The number of nitrogens with one attached hydrogen (secondary N) is 3. The molecule has 0 atom stereocenters. The number of hydrogen-bond acceptors (Lipinski definition) is 6. The van der Waals surface area contributed by atoms with Crippen LogP contribution in [0.4, 0.5) is 0 Å². The van der Waals surface area contributed by atoms with E-state index in [2.05, 4.69) is 22.5 Å². The number of hydrogen-bond donors (Lipinski definition) is 4. The number of aliphatic carboxylic acids is 1. The van der Waals surface area contributed by atoms with Gasteiger partial charge in [-0.15, -0.1) is 6.58 Å². The molecule has 0 heterocycles. The largest absolute Gasteiger partial charge is 0.481 e. The monoisotopic (exact) mass is 595 g/mol. The summed E-state index contributed by atoms with van der Waals surface area (Å²) >= 11 is 0. The zero-order chi connectivity index (χ0) is 31.1. The second-order valence-corrected chi connectivity index (χ2v) is 10.8. The highest BCUT2D eigenvalue weighted by atomic mass is 16.5. The van der Waals surface area contributed by atoms with E-state index in [1.807, 2.05) is 6.08 Å². The van der Waals surface area contributed by atoms with Crippen molar-refractivity contribution in [1.29, 1.82) is 0 Å². The van der Waals surface area contributed by atoms with Crippen LogP contribution in [0.1, 0.15) is 135 Å². The molecular formula is C32H57N3O7. The molecule has 42 heavy (non-hydrogen) atoms. The van der Waals surface area contributed by atoms with Crippen LogP contribution in [0.15, 0.2) is 12.7 Å². The Morgan fingerprint density at radius 1 is 0.524 bits per heavy atom. The summed E-state index contributed by atoms with van der Waals surface area (Å²) in [7, 11) is 0. The number of carbonyl (C=O) groups excluding carboxylic acids is 4. The van der Waals surface area contributed by atoms with Crippen LogP contribution in [-0.4, -0.2) is 61.0 Å². The third-order valence-corrected chi connectivity index (χ3v) is 6.83. The second-order valence-electron chi connectivity index (χ2n) is 10.8. The fourth-order valence-corrected chi connectivity index (χ4v) is 4.33. The quantitative estimate of drug-likeness (QED) is 0.0497. The van der Waals surface area contributed by atoms with Gasteiger partial charge in [-0.2, -0.15) is 0 Å². The summed E-state index contributed by atoms with van der Waals surface area (Å²) in [5.41, 5.74) is 0. The van der Waals surface area contributed by atoms with Gasteiger partial charge in [-0.1, -0.05) is 51.0 Å². The molecule has 0 spiro atoms. The second kappa shape index (κ2) is 29.6. The molecule has 0 saturated heterocycles. The van der Waals surface area contributed by atoms with Crippen molar-refractivity contribution in [3.8, 4) is 0 Å². The van der Waals surface area contributed by atoms with Crippen molar-refractivity contribution in [2.75, 3.05) is 26.2 Å². The van der Waals surface area contributed by atoms with E-state index in [-0.39, 0.29) is 36.7 Å². The van der Waals surface area contributed by atoms with E-state index in [1.165, 1.54) is 19.3 Å². The highest BCUT2D eigenvalue weighted by Gasteiger charge is 2.06. The maximum Gasteiger partial charge on any atom is 0.305 e. The van der Waals surface area contributed by atoms with E-state index in [1.54, 1.807) is 0 Å². The Labute approximate surface area is 253 Å². The first kappa shape index (κ1) is 39.1. The Bertz CT molecular complexity index is 758. The van der Waals surface area contributed by atoms with Crippen molar-refractivity contribution in [1.82, 2.24) is 16.0 Å². The Morgan fingerprint density at radius 3 is 1.45 bits per heavy atom. The van der Waals surface area contributed by atoms with Gasteiger partial charge in [0.15, 0.2) is 0 Å². The minimum Gasteiger partial charge on any atom is -0.481 e. The number of carboxylic acid groups (broad SMARTS) is 1. The highest BCUT2D eigenvalue weighted by molar-refractivity contribution is 5.76. The molecule has 4 N–H and O–H groups in total. The van der Waals surface area contributed by atoms with Crippen LogP contribution in [0.5, 0.6) is 0 Å². The summed E-state index contributed by atoms with van der Waals surface area (Å²) in [6.07, 6.45) is 18.4. The van der Waals surface area contributed by atoms with Crippen molar-refractivity contribution < 1.29 is 33.8 Å². The first-order valence-electron chi connectivity index (χ1n) is 16.1. The lowest BCUT2D eigenvalue weighted by molar-refractivity contribution is -0.144. The minimum atomic E-state index is -0.789. The summed E-state index contributed by atoms with van der Waals surface area (Å²) in [5, 5.41) is 17.1. The lowest BCUT2D eigenvalue weighted by Gasteiger charge is -2.07. The van der Waals surface area contributed by atoms with Crippen molar-refractivity contribution in [3.63, 3.8) is 0 Å². The number of carboxylic acids is 1. The average molecular weight is 596 g/mol. The van der Waals surface area contributed by atoms with Gasteiger partial charge in [-0.3, -0.25) is 24.0 Å². The molecule has 0 bridgehead atoms. The fraction of sp³-hybridized carbons (Fsp3) is 0.781. The van der Waals surface area contributed by atoms with E-state index in [0.29, 0.717) is 64.6 Å². The van der Waals surface area contributed by atoms with Crippen LogP contribution in [0.3, 0.4) is 0 Å². The number of amides is 3. The Balaban J connectivity index is 3.46. The summed E-state index contributed by atoms with van der Waals surface area (Å²) in [5.74, 6) is -1.07. The van der Waals surface area contributed by atoms with Crippen molar-refractivity contribution in [2.24, 2.45) is 0 Å². The zero-order valence-electron chi connectivity index (χ0n) is 25.9. The molecule has 0 aliphatic heterocycles. The van der Waals surface area contributed by atoms with Gasteiger partial charge in [0.1, 0.15) is 6.61 Å². The predicted octanol–water partition coefficient (Wildman–Crippen LogP) is 5.34. The Morgan fingerprint density at radius 2 is 0.929 bits per heavy atom. The molecule has 0 aliphatic carbocycles. The smallest absolute Gasteiger partial charge is 0.305 e. The molecule has 0 radical (unpaired) electrons. The molecule has 0 saturated carbocycles. The molecule has 3 amide bonds. The molecule has 0 aliphatic rings. The number of ether oxygens (including phenoxy) is 1. The molecular weight excluding hydrogens is 538 g/mol. The van der Waals surface area contributed by atoms with Gasteiger partial charge in [-0.05, 0) is 57.8 Å². The van der Waals surface area contributed by atoms with Gasteiger partial charge >= 0.3 is 11.9 Å². The fourth-order valence-electron chi connectivity index (χ4n) is 4.33. The van der Waals surface area contributed by atoms with Crippen molar-refractivity contribution in [3.05, 3.63) is 12.7 Å². The Kier molecular flexibility index (Phi) is 27.5. The molecule has 0 aromatic heterocycles. The molecule has 0 unspecified atom stereocenters. The summed E-state index contributed by atoms with van der Waals surface area (Å²) in [6, 6.07) is 0. The SMILES string of the molecule is C=CCCCCCCCCC(=O)NCCOC(=O)CCCCCC(=O)NCCCCCC(=O)NCCCCCC(=O)O. The summed E-state index contributed by atoms with van der Waals surface area (Å²) in [4.78, 5) is 57.9. The van der Waals surface area contributed by atoms with Crippen LogP contribution in [0, 0.1) is 0 Å². The lowest BCUT2D eigenvalue weighted by atomic mass is 10.1. The van der Waals surface area contributed by atoms with Crippen LogP contribution in [0.2, 0.25) is 0 Å². The molecule has 0 aromatic rings. The van der Waals surface area contributed by atoms with Crippen LogP contribution >= 0.6 is 0 Å². The van der Waals surface area contributed by atoms with E-state index < -0.39 is 5.97 Å². The van der Waals surface area contributed by atoms with E-state index in [0.717, 1.165) is 64.2 Å². The van der Waals surface area contributed by atoms with Crippen LogP contribution < -0.4 is 16.0 Å². The van der Waals surface area contributed by atoms with Crippen molar-refractivity contribution >= 4 is 29.7 Å². The van der Waals surface area contributed by atoms with Gasteiger partial charge in [0.05, 0.1) is 6.54 Å². The summed E-state index contributed by atoms with van der Waals surface area (Å²) < 4.78 is 5.17. The number of esters is 1. The number of carbonyl (C=O) groups is 5. The van der Waals surface area contributed by atoms with Crippen LogP contribution in [0.25, 0.3) is 0 Å². The molecule has 0 rings (SSSR count). The van der Waals surface area contributed by atoms with Gasteiger partial charge in [0.2, 0.25) is 17.7 Å². The number of allylic oxidation sites excluding steroid dienone is 1. The molecule has 0 aromatic carbocycles. The number of unbranched alkanes of at least 4 members (excludes halogenated alkanes) is 12. The maximum absolute atomic E-state index is 12.0. The molecule has 10 nitrogen and oxygen atoms in total. The summed E-state index contributed by atoms with van der Waals surface area (Å²) in [6.45, 7) is 5.39. The lowest BCUT2D eigenvalue weighted by Crippen LogP contribution is -2.27. The van der Waals surface area contributed by atoms with Crippen molar-refractivity contribution in [2.45, 2.75) is 135 Å².